The van der Waals surface area contributed by atoms with E-state index in [4.69, 9.17) is 16.3 Å². The Labute approximate surface area is 123 Å². The van der Waals surface area contributed by atoms with E-state index >= 15 is 0 Å². The number of halogens is 1. The Balaban J connectivity index is 2.29. The van der Waals surface area contributed by atoms with E-state index in [1.165, 1.54) is 0 Å². The van der Waals surface area contributed by atoms with Crippen LogP contribution in [0.25, 0.3) is 11.2 Å². The van der Waals surface area contributed by atoms with E-state index in [1.54, 1.807) is 13.4 Å². The van der Waals surface area contributed by atoms with Crippen LogP contribution in [0.2, 0.25) is 5.28 Å². The summed E-state index contributed by atoms with van der Waals surface area (Å²) in [6.07, 6.45) is 2.87. The molecule has 0 aliphatic rings. The van der Waals surface area contributed by atoms with Gasteiger partial charge in [0, 0.05) is 20.2 Å². The zero-order valence-corrected chi connectivity index (χ0v) is 12.8. The van der Waals surface area contributed by atoms with E-state index < -0.39 is 0 Å². The van der Waals surface area contributed by atoms with Gasteiger partial charge in [-0.05, 0) is 23.9 Å². The van der Waals surface area contributed by atoms with Crippen LogP contribution < -0.4 is 5.32 Å². The molecule has 0 aliphatic carbocycles. The van der Waals surface area contributed by atoms with Gasteiger partial charge in [0.05, 0.1) is 12.9 Å². The lowest BCUT2D eigenvalue weighted by molar-refractivity contribution is 0.210. The van der Waals surface area contributed by atoms with Crippen molar-refractivity contribution in [3.63, 3.8) is 0 Å². The van der Waals surface area contributed by atoms with Gasteiger partial charge in [-0.25, -0.2) is 4.98 Å². The molecule has 0 atom stereocenters. The number of aryl methyl sites for hydroxylation is 1. The molecule has 0 bridgehead atoms. The van der Waals surface area contributed by atoms with Crippen LogP contribution in [-0.2, 0) is 11.3 Å². The third-order valence-electron chi connectivity index (χ3n) is 2.99. The lowest BCUT2D eigenvalue weighted by Gasteiger charge is -2.10. The molecule has 0 spiro atoms. The molecular weight excluding hydrogens is 278 g/mol. The van der Waals surface area contributed by atoms with Gasteiger partial charge < -0.3 is 14.6 Å². The number of nitrogens with zero attached hydrogens (tertiary/aromatic N) is 4. The van der Waals surface area contributed by atoms with Crippen molar-refractivity contribution in [3.05, 3.63) is 11.6 Å². The molecular formula is C13H20ClN5O. The van der Waals surface area contributed by atoms with Crippen LogP contribution >= 0.6 is 11.6 Å². The molecule has 0 fully saturated rings. The summed E-state index contributed by atoms with van der Waals surface area (Å²) >= 11 is 5.93. The Morgan fingerprint density at radius 2 is 2.20 bits per heavy atom. The third-order valence-corrected chi connectivity index (χ3v) is 3.16. The molecule has 0 aromatic carbocycles. The monoisotopic (exact) mass is 297 g/mol. The fourth-order valence-corrected chi connectivity index (χ4v) is 2.08. The normalized spacial score (nSPS) is 11.4. The molecule has 2 aromatic rings. The minimum atomic E-state index is 0.200. The van der Waals surface area contributed by atoms with Gasteiger partial charge in [-0.1, -0.05) is 13.8 Å². The molecule has 0 saturated carbocycles. The topological polar surface area (TPSA) is 64.9 Å². The van der Waals surface area contributed by atoms with Crippen LogP contribution in [0.15, 0.2) is 6.33 Å². The summed E-state index contributed by atoms with van der Waals surface area (Å²) in [5.74, 6) is 1.34. The standard InChI is InChI=1S/C13H20ClN5O/c1-9(2)4-6-19-8-16-12-10(19)11(15-5-7-20-3)17-13(14)18-12/h8-9H,4-7H2,1-3H3,(H,15,17,18). The molecule has 2 aromatic heterocycles. The zero-order chi connectivity index (χ0) is 14.5. The smallest absolute Gasteiger partial charge is 0.226 e. The van der Waals surface area contributed by atoms with Crippen LogP contribution in [0.5, 0.6) is 0 Å². The number of ether oxygens (including phenoxy) is 1. The second-order valence-electron chi connectivity index (χ2n) is 5.05. The van der Waals surface area contributed by atoms with Crippen molar-refractivity contribution in [1.29, 1.82) is 0 Å². The van der Waals surface area contributed by atoms with Gasteiger partial charge in [-0.2, -0.15) is 9.97 Å². The number of aromatic nitrogens is 4. The van der Waals surface area contributed by atoms with Crippen molar-refractivity contribution in [2.24, 2.45) is 5.92 Å². The van der Waals surface area contributed by atoms with E-state index in [-0.39, 0.29) is 5.28 Å². The van der Waals surface area contributed by atoms with Gasteiger partial charge in [0.25, 0.3) is 0 Å². The van der Waals surface area contributed by atoms with Gasteiger partial charge in [-0.15, -0.1) is 0 Å². The Morgan fingerprint density at radius 1 is 1.40 bits per heavy atom. The molecule has 0 aliphatic heterocycles. The second-order valence-corrected chi connectivity index (χ2v) is 5.39. The Kier molecular flexibility index (Phi) is 5.14. The van der Waals surface area contributed by atoms with Crippen molar-refractivity contribution in [2.75, 3.05) is 25.6 Å². The van der Waals surface area contributed by atoms with Gasteiger partial charge in [0.1, 0.15) is 5.52 Å². The molecule has 7 heteroatoms. The van der Waals surface area contributed by atoms with E-state index in [0.717, 1.165) is 18.5 Å². The summed E-state index contributed by atoms with van der Waals surface area (Å²) in [6, 6.07) is 0. The first-order valence-corrected chi connectivity index (χ1v) is 7.10. The van der Waals surface area contributed by atoms with E-state index in [9.17, 15) is 0 Å². The van der Waals surface area contributed by atoms with Gasteiger partial charge in [-0.3, -0.25) is 0 Å². The highest BCUT2D eigenvalue weighted by molar-refractivity contribution is 6.28. The molecule has 6 nitrogen and oxygen atoms in total. The number of rotatable bonds is 7. The van der Waals surface area contributed by atoms with Crippen LogP contribution in [0.1, 0.15) is 20.3 Å². The average Bonchev–Trinajstić information content (AvgIpc) is 2.79. The molecule has 2 rings (SSSR count). The number of hydrogen-bond acceptors (Lipinski definition) is 5. The maximum atomic E-state index is 5.93. The predicted octanol–water partition coefficient (Wildman–Crippen LogP) is 2.58. The lowest BCUT2D eigenvalue weighted by Crippen LogP contribution is -2.11. The number of hydrogen-bond donors (Lipinski definition) is 1. The van der Waals surface area contributed by atoms with Gasteiger partial charge >= 0.3 is 0 Å². The van der Waals surface area contributed by atoms with E-state index in [1.807, 2.05) is 0 Å². The maximum absolute atomic E-state index is 5.93. The van der Waals surface area contributed by atoms with E-state index in [0.29, 0.717) is 30.5 Å². The Hall–Kier alpha value is -1.40. The summed E-state index contributed by atoms with van der Waals surface area (Å²) in [6.45, 7) is 6.55. The Bertz CT molecular complexity index is 569. The second kappa shape index (κ2) is 6.85. The fourth-order valence-electron chi connectivity index (χ4n) is 1.91. The Morgan fingerprint density at radius 3 is 2.90 bits per heavy atom. The summed E-state index contributed by atoms with van der Waals surface area (Å²) in [4.78, 5) is 12.7. The molecule has 2 heterocycles. The maximum Gasteiger partial charge on any atom is 0.226 e. The van der Waals surface area contributed by atoms with Crippen molar-refractivity contribution in [3.8, 4) is 0 Å². The molecule has 0 amide bonds. The average molecular weight is 298 g/mol. The highest BCUT2D eigenvalue weighted by Crippen LogP contribution is 2.22. The van der Waals surface area contributed by atoms with E-state index in [2.05, 4.69) is 38.7 Å². The highest BCUT2D eigenvalue weighted by atomic mass is 35.5. The van der Waals surface area contributed by atoms with Crippen LogP contribution in [0, 0.1) is 5.92 Å². The van der Waals surface area contributed by atoms with Crippen LogP contribution in [-0.4, -0.2) is 39.8 Å². The number of nitrogens with one attached hydrogen (secondary N) is 1. The molecule has 110 valence electrons. The third kappa shape index (κ3) is 3.58. The van der Waals surface area contributed by atoms with Crippen molar-refractivity contribution in [2.45, 2.75) is 26.8 Å². The summed E-state index contributed by atoms with van der Waals surface area (Å²) in [7, 11) is 1.66. The van der Waals surface area contributed by atoms with Crippen molar-refractivity contribution in [1.82, 2.24) is 19.5 Å². The SMILES string of the molecule is COCCNc1nc(Cl)nc2ncn(CCC(C)C)c12. The summed E-state index contributed by atoms with van der Waals surface area (Å²) in [5, 5.41) is 3.42. The predicted molar refractivity (Wildman–Crippen MR) is 80.2 cm³/mol. The minimum Gasteiger partial charge on any atom is -0.383 e. The molecule has 0 saturated heterocycles. The highest BCUT2D eigenvalue weighted by Gasteiger charge is 2.12. The number of imidazole rings is 1. The largest absolute Gasteiger partial charge is 0.383 e. The number of methoxy groups -OCH3 is 1. The quantitative estimate of drug-likeness (QED) is 0.628. The molecule has 1 N–H and O–H groups in total. The first kappa shape index (κ1) is 15.0. The summed E-state index contributed by atoms with van der Waals surface area (Å²) < 4.78 is 7.11. The molecule has 0 radical (unpaired) electrons. The molecule has 0 unspecified atom stereocenters. The van der Waals surface area contributed by atoms with Crippen LogP contribution in [0.3, 0.4) is 0 Å². The number of fused-ring (bicyclic) bond motifs is 1. The summed E-state index contributed by atoms with van der Waals surface area (Å²) in [5.41, 5.74) is 1.51. The van der Waals surface area contributed by atoms with Gasteiger partial charge in [0.15, 0.2) is 11.5 Å². The first-order chi connectivity index (χ1) is 9.61. The first-order valence-electron chi connectivity index (χ1n) is 6.73. The zero-order valence-electron chi connectivity index (χ0n) is 12.1. The fraction of sp³-hybridized carbons (Fsp3) is 0.615. The lowest BCUT2D eigenvalue weighted by atomic mass is 10.1. The van der Waals surface area contributed by atoms with Gasteiger partial charge in [0.2, 0.25) is 5.28 Å². The molecule has 20 heavy (non-hydrogen) atoms. The van der Waals surface area contributed by atoms with Crippen LogP contribution in [0.4, 0.5) is 5.82 Å². The van der Waals surface area contributed by atoms with Crippen molar-refractivity contribution < 1.29 is 4.74 Å². The number of anilines is 1. The van der Waals surface area contributed by atoms with Crippen molar-refractivity contribution >= 4 is 28.6 Å². The minimum absolute atomic E-state index is 0.200.